The van der Waals surface area contributed by atoms with E-state index in [0.717, 1.165) is 18.4 Å². The van der Waals surface area contributed by atoms with Gasteiger partial charge in [-0.15, -0.1) is 0 Å². The van der Waals surface area contributed by atoms with Crippen molar-refractivity contribution in [3.05, 3.63) is 54.0 Å². The second kappa shape index (κ2) is 11.6. The van der Waals surface area contributed by atoms with Crippen LogP contribution in [0.5, 0.6) is 0 Å². The highest BCUT2D eigenvalue weighted by Gasteiger charge is 2.34. The van der Waals surface area contributed by atoms with E-state index in [4.69, 9.17) is 9.15 Å². The fourth-order valence-electron chi connectivity index (χ4n) is 3.90. The smallest absolute Gasteiger partial charge is 0.243 e. The third-order valence-electron chi connectivity index (χ3n) is 5.74. The molecular formula is C24H33N3O6S. The molecule has 10 heteroatoms. The third kappa shape index (κ3) is 6.91. The molecule has 1 saturated heterocycles. The number of ether oxygens (including phenoxy) is 1. The number of furan rings is 1. The van der Waals surface area contributed by atoms with Crippen LogP contribution in [-0.4, -0.2) is 57.0 Å². The highest BCUT2D eigenvalue weighted by atomic mass is 32.2. The monoisotopic (exact) mass is 491 g/mol. The molecule has 2 atom stereocenters. The molecule has 0 radical (unpaired) electrons. The number of rotatable bonds is 11. The fraction of sp³-hybridized carbons (Fsp3) is 0.500. The number of benzene rings is 1. The molecule has 9 nitrogen and oxygen atoms in total. The summed E-state index contributed by atoms with van der Waals surface area (Å²) in [6.45, 7) is 6.14. The van der Waals surface area contributed by atoms with Crippen molar-refractivity contribution >= 4 is 21.8 Å². The standard InChI is InChI=1S/C24H33N3O6S/c1-17(2)23(24(29)25-14-19-6-4-12-32-19)27(16-20-7-5-13-33-20)22(28)15-26-34(30,31)21-10-8-18(3)9-11-21/h5,7-11,13,17,19,23,26H,4,6,12,14-16H2,1-3H3,(H,25,29)/t19-,23+/m0/s1. The van der Waals surface area contributed by atoms with Crippen molar-refractivity contribution in [3.63, 3.8) is 0 Å². The number of nitrogens with one attached hydrogen (secondary N) is 2. The van der Waals surface area contributed by atoms with Gasteiger partial charge in [0, 0.05) is 13.2 Å². The number of carbonyl (C=O) groups is 2. The Hall–Kier alpha value is -2.69. The maximum atomic E-state index is 13.3. The van der Waals surface area contributed by atoms with Crippen LogP contribution in [0.2, 0.25) is 0 Å². The van der Waals surface area contributed by atoms with E-state index in [1.54, 1.807) is 24.3 Å². The molecule has 1 aliphatic heterocycles. The lowest BCUT2D eigenvalue weighted by Gasteiger charge is -2.33. The Morgan fingerprint density at radius 2 is 1.91 bits per heavy atom. The van der Waals surface area contributed by atoms with Gasteiger partial charge in [-0.3, -0.25) is 9.59 Å². The summed E-state index contributed by atoms with van der Waals surface area (Å²) < 4.78 is 38.7. The predicted octanol–water partition coefficient (Wildman–Crippen LogP) is 2.21. The van der Waals surface area contributed by atoms with E-state index < -0.39 is 28.5 Å². The van der Waals surface area contributed by atoms with Crippen molar-refractivity contribution in [2.24, 2.45) is 5.92 Å². The number of hydrogen-bond acceptors (Lipinski definition) is 6. The van der Waals surface area contributed by atoms with Crippen molar-refractivity contribution in [1.29, 1.82) is 0 Å². The average molecular weight is 492 g/mol. The summed E-state index contributed by atoms with van der Waals surface area (Å²) in [5.41, 5.74) is 0.924. The van der Waals surface area contributed by atoms with E-state index in [9.17, 15) is 18.0 Å². The van der Waals surface area contributed by atoms with Gasteiger partial charge in [-0.05, 0) is 49.9 Å². The van der Waals surface area contributed by atoms with Gasteiger partial charge in [-0.2, -0.15) is 0 Å². The minimum atomic E-state index is -3.89. The molecule has 1 aromatic carbocycles. The molecule has 2 amide bonds. The molecular weight excluding hydrogens is 458 g/mol. The lowest BCUT2D eigenvalue weighted by Crippen LogP contribution is -2.54. The van der Waals surface area contributed by atoms with Gasteiger partial charge in [0.2, 0.25) is 21.8 Å². The molecule has 186 valence electrons. The SMILES string of the molecule is Cc1ccc(S(=O)(=O)NCC(=O)N(Cc2ccco2)[C@@H](C(=O)NC[C@@H]2CCCO2)C(C)C)cc1. The molecule has 1 aliphatic rings. The normalized spacial score (nSPS) is 17.0. The van der Waals surface area contributed by atoms with Gasteiger partial charge in [0.05, 0.1) is 30.4 Å². The summed E-state index contributed by atoms with van der Waals surface area (Å²) in [7, 11) is -3.89. The zero-order valence-electron chi connectivity index (χ0n) is 19.8. The zero-order chi connectivity index (χ0) is 24.7. The highest BCUT2D eigenvalue weighted by molar-refractivity contribution is 7.89. The van der Waals surface area contributed by atoms with E-state index in [-0.39, 0.29) is 29.4 Å². The Morgan fingerprint density at radius 3 is 2.50 bits per heavy atom. The Labute approximate surface area is 200 Å². The number of hydrogen-bond donors (Lipinski definition) is 2. The number of sulfonamides is 1. The van der Waals surface area contributed by atoms with Gasteiger partial charge in [0.25, 0.3) is 0 Å². The lowest BCUT2D eigenvalue weighted by molar-refractivity contribution is -0.142. The second-order valence-corrected chi connectivity index (χ2v) is 10.6. The van der Waals surface area contributed by atoms with Gasteiger partial charge in [0.1, 0.15) is 11.8 Å². The molecule has 34 heavy (non-hydrogen) atoms. The van der Waals surface area contributed by atoms with E-state index in [0.29, 0.717) is 18.9 Å². The number of carbonyl (C=O) groups excluding carboxylic acids is 2. The zero-order valence-corrected chi connectivity index (χ0v) is 20.6. The first-order chi connectivity index (χ1) is 16.2. The van der Waals surface area contributed by atoms with E-state index in [1.807, 2.05) is 20.8 Å². The largest absolute Gasteiger partial charge is 0.467 e. The molecule has 2 aromatic rings. The minimum absolute atomic E-state index is 0.0349. The summed E-state index contributed by atoms with van der Waals surface area (Å²) >= 11 is 0. The minimum Gasteiger partial charge on any atom is -0.467 e. The average Bonchev–Trinajstić information content (AvgIpc) is 3.50. The van der Waals surface area contributed by atoms with Crippen LogP contribution in [0.3, 0.4) is 0 Å². The molecule has 0 unspecified atom stereocenters. The van der Waals surface area contributed by atoms with Gasteiger partial charge in [-0.25, -0.2) is 13.1 Å². The summed E-state index contributed by atoms with van der Waals surface area (Å²) in [6, 6.07) is 8.93. The Kier molecular flexibility index (Phi) is 8.87. The molecule has 0 saturated carbocycles. The fourth-order valence-corrected chi connectivity index (χ4v) is 4.87. The summed E-state index contributed by atoms with van der Waals surface area (Å²) in [5, 5.41) is 2.90. The first kappa shape index (κ1) is 25.9. The van der Waals surface area contributed by atoms with Gasteiger partial charge >= 0.3 is 0 Å². The van der Waals surface area contributed by atoms with Crippen LogP contribution in [0.15, 0.2) is 52.0 Å². The summed E-state index contributed by atoms with van der Waals surface area (Å²) in [4.78, 5) is 27.8. The Morgan fingerprint density at radius 1 is 1.18 bits per heavy atom. The molecule has 3 rings (SSSR count). The van der Waals surface area contributed by atoms with Crippen LogP contribution in [-0.2, 0) is 30.9 Å². The number of aryl methyl sites for hydroxylation is 1. The molecule has 1 aromatic heterocycles. The van der Waals surface area contributed by atoms with E-state index >= 15 is 0 Å². The number of amides is 2. The van der Waals surface area contributed by atoms with Crippen LogP contribution < -0.4 is 10.0 Å². The van der Waals surface area contributed by atoms with Crippen LogP contribution in [0.4, 0.5) is 0 Å². The Balaban J connectivity index is 1.75. The third-order valence-corrected chi connectivity index (χ3v) is 7.15. The van der Waals surface area contributed by atoms with Crippen molar-refractivity contribution < 1.29 is 27.2 Å². The van der Waals surface area contributed by atoms with Crippen molar-refractivity contribution in [1.82, 2.24) is 14.9 Å². The molecule has 2 N–H and O–H groups in total. The van der Waals surface area contributed by atoms with Gasteiger partial charge in [0.15, 0.2) is 0 Å². The topological polar surface area (TPSA) is 118 Å². The van der Waals surface area contributed by atoms with Crippen LogP contribution in [0, 0.1) is 12.8 Å². The molecule has 0 aliphatic carbocycles. The van der Waals surface area contributed by atoms with Gasteiger partial charge in [-0.1, -0.05) is 31.5 Å². The predicted molar refractivity (Wildman–Crippen MR) is 126 cm³/mol. The number of nitrogens with zero attached hydrogens (tertiary/aromatic N) is 1. The maximum Gasteiger partial charge on any atom is 0.243 e. The molecule has 2 heterocycles. The molecule has 0 spiro atoms. The van der Waals surface area contributed by atoms with Crippen molar-refractivity contribution in [3.8, 4) is 0 Å². The van der Waals surface area contributed by atoms with E-state index in [2.05, 4.69) is 10.0 Å². The maximum absolute atomic E-state index is 13.3. The molecule has 1 fully saturated rings. The first-order valence-corrected chi connectivity index (χ1v) is 12.9. The summed E-state index contributed by atoms with van der Waals surface area (Å²) in [5.74, 6) is -0.575. The van der Waals surface area contributed by atoms with E-state index in [1.165, 1.54) is 23.3 Å². The Bertz CT molecular complexity index is 1040. The second-order valence-electron chi connectivity index (χ2n) is 8.81. The van der Waals surface area contributed by atoms with Crippen LogP contribution >= 0.6 is 0 Å². The van der Waals surface area contributed by atoms with Crippen LogP contribution in [0.25, 0.3) is 0 Å². The van der Waals surface area contributed by atoms with Crippen molar-refractivity contribution in [2.75, 3.05) is 19.7 Å². The first-order valence-electron chi connectivity index (χ1n) is 11.4. The van der Waals surface area contributed by atoms with Gasteiger partial charge < -0.3 is 19.4 Å². The quantitative estimate of drug-likeness (QED) is 0.498. The molecule has 0 bridgehead atoms. The van der Waals surface area contributed by atoms with Crippen LogP contribution in [0.1, 0.15) is 38.0 Å². The lowest BCUT2D eigenvalue weighted by atomic mass is 10.0. The highest BCUT2D eigenvalue weighted by Crippen LogP contribution is 2.18. The summed E-state index contributed by atoms with van der Waals surface area (Å²) in [6.07, 6.45) is 3.29. The van der Waals surface area contributed by atoms with Crippen molar-refractivity contribution in [2.45, 2.75) is 57.2 Å².